The summed E-state index contributed by atoms with van der Waals surface area (Å²) in [6.07, 6.45) is 0. The van der Waals surface area contributed by atoms with Gasteiger partial charge in [-0.25, -0.2) is 9.18 Å². The van der Waals surface area contributed by atoms with Gasteiger partial charge in [-0.05, 0) is 34.1 Å². The Hall–Kier alpha value is -1.92. The van der Waals surface area contributed by atoms with Crippen molar-refractivity contribution in [2.45, 2.75) is 6.54 Å². The normalized spacial score (nSPS) is 15.3. The van der Waals surface area contributed by atoms with E-state index in [0.29, 0.717) is 25.2 Å². The first-order valence-corrected chi connectivity index (χ1v) is 8.69. The minimum absolute atomic E-state index is 0.104. The first-order chi connectivity index (χ1) is 11.6. The third-order valence-corrected chi connectivity index (χ3v) is 4.82. The number of carbonyl (C=O) groups excluding carboxylic acids is 1. The number of para-hydroxylation sites is 1. The quantitative estimate of drug-likeness (QED) is 0.859. The Morgan fingerprint density at radius 1 is 1.04 bits per heavy atom. The van der Waals surface area contributed by atoms with Crippen molar-refractivity contribution < 1.29 is 9.18 Å². The number of amides is 2. The van der Waals surface area contributed by atoms with Gasteiger partial charge in [0.15, 0.2) is 0 Å². The molecule has 0 bridgehead atoms. The maximum Gasteiger partial charge on any atom is 0.321 e. The molecule has 1 N–H and O–H groups in total. The molecule has 0 atom stereocenters. The highest BCUT2D eigenvalue weighted by Crippen LogP contribution is 2.22. The molecule has 1 heterocycles. The number of rotatable bonds is 3. The van der Waals surface area contributed by atoms with Crippen molar-refractivity contribution in [3.63, 3.8) is 0 Å². The largest absolute Gasteiger partial charge is 0.322 e. The summed E-state index contributed by atoms with van der Waals surface area (Å²) in [6, 6.07) is 14.3. The van der Waals surface area contributed by atoms with Crippen molar-refractivity contribution in [3.05, 3.63) is 64.4 Å². The van der Waals surface area contributed by atoms with Gasteiger partial charge in [0.2, 0.25) is 0 Å². The molecule has 6 heteroatoms. The van der Waals surface area contributed by atoms with Crippen molar-refractivity contribution in [1.82, 2.24) is 9.80 Å². The fourth-order valence-corrected chi connectivity index (χ4v) is 3.12. The number of nitrogens with zero attached hydrogens (tertiary/aromatic N) is 2. The van der Waals surface area contributed by atoms with Crippen molar-refractivity contribution in [1.29, 1.82) is 0 Å². The van der Waals surface area contributed by atoms with Gasteiger partial charge in [0.1, 0.15) is 5.82 Å². The van der Waals surface area contributed by atoms with Crippen LogP contribution in [0, 0.1) is 5.82 Å². The Bertz CT molecular complexity index is 717. The molecule has 0 saturated carbocycles. The van der Waals surface area contributed by atoms with Gasteiger partial charge < -0.3 is 10.2 Å². The predicted octanol–water partition coefficient (Wildman–Crippen LogP) is 3.94. The monoisotopic (exact) mass is 391 g/mol. The van der Waals surface area contributed by atoms with E-state index in [1.165, 1.54) is 6.07 Å². The van der Waals surface area contributed by atoms with Gasteiger partial charge >= 0.3 is 6.03 Å². The molecule has 1 saturated heterocycles. The molecule has 0 aromatic heterocycles. The molecule has 3 rings (SSSR count). The number of hydrogen-bond donors (Lipinski definition) is 1. The zero-order valence-electron chi connectivity index (χ0n) is 13.2. The maximum absolute atomic E-state index is 13.7. The second-order valence-electron chi connectivity index (χ2n) is 5.76. The molecular weight excluding hydrogens is 373 g/mol. The Morgan fingerprint density at radius 2 is 1.71 bits per heavy atom. The van der Waals surface area contributed by atoms with E-state index in [0.717, 1.165) is 23.2 Å². The second kappa shape index (κ2) is 7.77. The van der Waals surface area contributed by atoms with Crippen molar-refractivity contribution in [3.8, 4) is 0 Å². The minimum Gasteiger partial charge on any atom is -0.322 e. The van der Waals surface area contributed by atoms with E-state index in [4.69, 9.17) is 0 Å². The van der Waals surface area contributed by atoms with Crippen molar-refractivity contribution in [2.24, 2.45) is 0 Å². The van der Waals surface area contributed by atoms with Gasteiger partial charge in [0.25, 0.3) is 0 Å². The molecule has 2 aromatic carbocycles. The summed E-state index contributed by atoms with van der Waals surface area (Å²) in [6.45, 7) is 3.30. The van der Waals surface area contributed by atoms with Crippen LogP contribution in [0.15, 0.2) is 53.0 Å². The third-order valence-electron chi connectivity index (χ3n) is 4.13. The first kappa shape index (κ1) is 16.9. The molecule has 0 radical (unpaired) electrons. The summed E-state index contributed by atoms with van der Waals surface area (Å²) in [5.74, 6) is -0.174. The fraction of sp³-hybridized carbons (Fsp3) is 0.278. The summed E-state index contributed by atoms with van der Waals surface area (Å²) in [5, 5.41) is 2.92. The summed E-state index contributed by atoms with van der Waals surface area (Å²) >= 11 is 3.43. The van der Waals surface area contributed by atoms with Crippen LogP contribution in [0.3, 0.4) is 0 Å². The minimum atomic E-state index is -0.174. The molecule has 1 aliphatic rings. The molecule has 0 spiro atoms. The lowest BCUT2D eigenvalue weighted by atomic mass is 10.2. The number of halogens is 2. The van der Waals surface area contributed by atoms with Crippen molar-refractivity contribution >= 4 is 27.6 Å². The number of hydrogen-bond acceptors (Lipinski definition) is 2. The predicted molar refractivity (Wildman–Crippen MR) is 96.4 cm³/mol. The van der Waals surface area contributed by atoms with Gasteiger partial charge in [0.05, 0.1) is 5.69 Å². The van der Waals surface area contributed by atoms with E-state index in [1.807, 2.05) is 30.3 Å². The Kier molecular flexibility index (Phi) is 5.48. The number of urea groups is 1. The highest BCUT2D eigenvalue weighted by Gasteiger charge is 2.22. The summed E-state index contributed by atoms with van der Waals surface area (Å²) in [7, 11) is 0. The molecular formula is C18H19BrFN3O. The lowest BCUT2D eigenvalue weighted by Crippen LogP contribution is -2.49. The topological polar surface area (TPSA) is 35.6 Å². The average molecular weight is 392 g/mol. The van der Waals surface area contributed by atoms with Gasteiger partial charge in [-0.15, -0.1) is 0 Å². The van der Waals surface area contributed by atoms with Crippen LogP contribution < -0.4 is 5.32 Å². The van der Waals surface area contributed by atoms with Crippen LogP contribution in [0.25, 0.3) is 0 Å². The number of anilines is 1. The SMILES string of the molecule is O=C(Nc1ccccc1Br)N1CCN(Cc2ccccc2F)CC1. The molecule has 126 valence electrons. The molecule has 4 nitrogen and oxygen atoms in total. The second-order valence-corrected chi connectivity index (χ2v) is 6.62. The summed E-state index contributed by atoms with van der Waals surface area (Å²) < 4.78 is 14.6. The Balaban J connectivity index is 1.52. The van der Waals surface area contributed by atoms with Gasteiger partial charge in [-0.3, -0.25) is 4.90 Å². The number of carbonyl (C=O) groups is 1. The van der Waals surface area contributed by atoms with Crippen molar-refractivity contribution in [2.75, 3.05) is 31.5 Å². The van der Waals surface area contributed by atoms with Crippen LogP contribution in [0.2, 0.25) is 0 Å². The maximum atomic E-state index is 13.7. The van der Waals surface area contributed by atoms with E-state index >= 15 is 0 Å². The highest BCUT2D eigenvalue weighted by atomic mass is 79.9. The van der Waals surface area contributed by atoms with E-state index in [2.05, 4.69) is 26.1 Å². The molecule has 0 unspecified atom stereocenters. The number of nitrogens with one attached hydrogen (secondary N) is 1. The van der Waals surface area contributed by atoms with Gasteiger partial charge in [-0.1, -0.05) is 30.3 Å². The van der Waals surface area contributed by atoms with E-state index in [9.17, 15) is 9.18 Å². The molecule has 24 heavy (non-hydrogen) atoms. The lowest BCUT2D eigenvalue weighted by Gasteiger charge is -2.34. The zero-order valence-corrected chi connectivity index (χ0v) is 14.8. The standard InChI is InChI=1S/C18H19BrFN3O/c19-15-6-2-4-8-17(15)21-18(24)23-11-9-22(10-12-23)13-14-5-1-3-7-16(14)20/h1-8H,9-13H2,(H,21,24). The van der Waals surface area contributed by atoms with Crippen LogP contribution in [0.5, 0.6) is 0 Å². The van der Waals surface area contributed by atoms with Crippen LogP contribution in [-0.2, 0) is 6.54 Å². The summed E-state index contributed by atoms with van der Waals surface area (Å²) in [5.41, 5.74) is 1.46. The third kappa shape index (κ3) is 4.13. The fourth-order valence-electron chi connectivity index (χ4n) is 2.73. The molecule has 1 aliphatic heterocycles. The van der Waals surface area contributed by atoms with Gasteiger partial charge in [0, 0.05) is 42.8 Å². The van der Waals surface area contributed by atoms with E-state index in [1.54, 1.807) is 17.0 Å². The molecule has 2 amide bonds. The molecule has 2 aromatic rings. The lowest BCUT2D eigenvalue weighted by molar-refractivity contribution is 0.142. The number of piperazine rings is 1. The zero-order chi connectivity index (χ0) is 16.9. The number of benzene rings is 2. The van der Waals surface area contributed by atoms with Crippen LogP contribution in [-0.4, -0.2) is 42.0 Å². The van der Waals surface area contributed by atoms with Crippen LogP contribution >= 0.6 is 15.9 Å². The average Bonchev–Trinajstić information content (AvgIpc) is 2.59. The summed E-state index contributed by atoms with van der Waals surface area (Å²) in [4.78, 5) is 16.3. The van der Waals surface area contributed by atoms with E-state index in [-0.39, 0.29) is 11.8 Å². The highest BCUT2D eigenvalue weighted by molar-refractivity contribution is 9.10. The van der Waals surface area contributed by atoms with Crippen LogP contribution in [0.4, 0.5) is 14.9 Å². The van der Waals surface area contributed by atoms with E-state index < -0.39 is 0 Å². The van der Waals surface area contributed by atoms with Gasteiger partial charge in [-0.2, -0.15) is 0 Å². The molecule has 1 fully saturated rings. The smallest absolute Gasteiger partial charge is 0.321 e. The first-order valence-electron chi connectivity index (χ1n) is 7.90. The van der Waals surface area contributed by atoms with Crippen LogP contribution in [0.1, 0.15) is 5.56 Å². The molecule has 0 aliphatic carbocycles. The Labute approximate surface area is 149 Å². The Morgan fingerprint density at radius 3 is 2.42 bits per heavy atom.